The number of amides is 2. The minimum atomic E-state index is -4.49. The lowest BCUT2D eigenvalue weighted by molar-refractivity contribution is -0.137. The summed E-state index contributed by atoms with van der Waals surface area (Å²) in [6, 6.07) is 10.6. The Hall–Kier alpha value is -2.48. The number of anilines is 2. The lowest BCUT2D eigenvalue weighted by Gasteiger charge is -2.17. The Kier molecular flexibility index (Phi) is 6.77. The Bertz CT molecular complexity index is 861. The first-order valence-corrected chi connectivity index (χ1v) is 9.45. The summed E-state index contributed by atoms with van der Waals surface area (Å²) in [7, 11) is 0. The van der Waals surface area contributed by atoms with Gasteiger partial charge < -0.3 is 10.6 Å². The zero-order valence-electron chi connectivity index (χ0n) is 15.7. The second-order valence-corrected chi connectivity index (χ2v) is 8.86. The quantitative estimate of drug-likeness (QED) is 0.691. The van der Waals surface area contributed by atoms with Gasteiger partial charge in [0.1, 0.15) is 0 Å². The summed E-state index contributed by atoms with van der Waals surface area (Å²) >= 11 is 1.49. The van der Waals surface area contributed by atoms with Gasteiger partial charge in [0.15, 0.2) is 0 Å². The molecule has 0 radical (unpaired) electrons. The average Bonchev–Trinajstić information content (AvgIpc) is 2.59. The number of halogens is 3. The van der Waals surface area contributed by atoms with E-state index in [2.05, 4.69) is 10.6 Å². The number of thioether (sulfide) groups is 1. The van der Waals surface area contributed by atoms with Crippen molar-refractivity contribution < 1.29 is 22.8 Å². The second-order valence-electron chi connectivity index (χ2n) is 7.06. The van der Waals surface area contributed by atoms with E-state index in [9.17, 15) is 22.8 Å². The number of nitrogens with one attached hydrogen (secondary N) is 2. The van der Waals surface area contributed by atoms with Gasteiger partial charge in [0.25, 0.3) is 5.91 Å². The van der Waals surface area contributed by atoms with Crippen LogP contribution in [0.5, 0.6) is 0 Å². The predicted molar refractivity (Wildman–Crippen MR) is 107 cm³/mol. The maximum absolute atomic E-state index is 12.8. The minimum Gasteiger partial charge on any atom is -0.325 e. The van der Waals surface area contributed by atoms with E-state index in [1.807, 2.05) is 20.8 Å². The fourth-order valence-electron chi connectivity index (χ4n) is 2.19. The van der Waals surface area contributed by atoms with Gasteiger partial charge in [0.05, 0.1) is 11.3 Å². The molecule has 0 aliphatic heterocycles. The average molecular weight is 410 g/mol. The molecule has 8 heteroatoms. The molecule has 2 aromatic rings. The molecule has 2 rings (SSSR count). The SMILES string of the molecule is CC(C)(C)SCC(=O)Nc1cccc(C(=O)Nc2cccc(C(F)(F)F)c2)c1. The van der Waals surface area contributed by atoms with E-state index in [0.29, 0.717) is 5.69 Å². The number of alkyl halides is 3. The number of hydrogen-bond acceptors (Lipinski definition) is 3. The van der Waals surface area contributed by atoms with Gasteiger partial charge in [-0.1, -0.05) is 32.9 Å². The van der Waals surface area contributed by atoms with E-state index in [1.54, 1.807) is 12.1 Å². The summed E-state index contributed by atoms with van der Waals surface area (Å²) in [4.78, 5) is 24.4. The first kappa shape index (κ1) is 21.8. The number of carbonyl (C=O) groups excluding carboxylic acids is 2. The molecular formula is C20H21F3N2O2S. The molecule has 0 aliphatic carbocycles. The van der Waals surface area contributed by atoms with Crippen molar-refractivity contribution in [2.75, 3.05) is 16.4 Å². The Morgan fingerprint density at radius 2 is 1.54 bits per heavy atom. The van der Waals surface area contributed by atoms with Crippen LogP contribution in [-0.4, -0.2) is 22.3 Å². The van der Waals surface area contributed by atoms with E-state index in [1.165, 1.54) is 36.0 Å². The lowest BCUT2D eigenvalue weighted by Crippen LogP contribution is -2.19. The molecule has 0 saturated carbocycles. The van der Waals surface area contributed by atoms with Crippen molar-refractivity contribution in [2.24, 2.45) is 0 Å². The fraction of sp³-hybridized carbons (Fsp3) is 0.300. The van der Waals surface area contributed by atoms with Crippen LogP contribution >= 0.6 is 11.8 Å². The second kappa shape index (κ2) is 8.68. The van der Waals surface area contributed by atoms with Gasteiger partial charge in [-0.15, -0.1) is 11.8 Å². The molecule has 0 fully saturated rings. The van der Waals surface area contributed by atoms with Gasteiger partial charge in [0.2, 0.25) is 5.91 Å². The van der Waals surface area contributed by atoms with Gasteiger partial charge >= 0.3 is 6.18 Å². The van der Waals surface area contributed by atoms with Crippen LogP contribution < -0.4 is 10.6 Å². The molecule has 28 heavy (non-hydrogen) atoms. The highest BCUT2D eigenvalue weighted by Crippen LogP contribution is 2.30. The van der Waals surface area contributed by atoms with Gasteiger partial charge in [-0.2, -0.15) is 13.2 Å². The van der Waals surface area contributed by atoms with Crippen molar-refractivity contribution >= 4 is 35.0 Å². The van der Waals surface area contributed by atoms with Gasteiger partial charge in [0, 0.05) is 21.7 Å². The number of carbonyl (C=O) groups is 2. The van der Waals surface area contributed by atoms with Crippen LogP contribution in [0.2, 0.25) is 0 Å². The Morgan fingerprint density at radius 1 is 0.929 bits per heavy atom. The summed E-state index contributed by atoms with van der Waals surface area (Å²) in [6.07, 6.45) is -4.49. The van der Waals surface area contributed by atoms with E-state index in [0.717, 1.165) is 12.1 Å². The van der Waals surface area contributed by atoms with Crippen LogP contribution in [0.3, 0.4) is 0 Å². The highest BCUT2D eigenvalue weighted by atomic mass is 32.2. The molecule has 2 aromatic carbocycles. The van der Waals surface area contributed by atoms with Crippen LogP contribution in [-0.2, 0) is 11.0 Å². The molecule has 0 bridgehead atoms. The van der Waals surface area contributed by atoms with Crippen molar-refractivity contribution in [3.05, 3.63) is 59.7 Å². The Morgan fingerprint density at radius 3 is 2.14 bits per heavy atom. The Balaban J connectivity index is 2.05. The van der Waals surface area contributed by atoms with Crippen molar-refractivity contribution in [1.82, 2.24) is 0 Å². The first-order chi connectivity index (χ1) is 12.9. The molecule has 0 heterocycles. The van der Waals surface area contributed by atoms with E-state index in [-0.39, 0.29) is 27.7 Å². The first-order valence-electron chi connectivity index (χ1n) is 8.46. The van der Waals surface area contributed by atoms with Crippen molar-refractivity contribution in [3.8, 4) is 0 Å². The molecule has 0 saturated heterocycles. The van der Waals surface area contributed by atoms with E-state index in [4.69, 9.17) is 0 Å². The zero-order chi connectivity index (χ0) is 20.9. The molecule has 0 aliphatic rings. The summed E-state index contributed by atoms with van der Waals surface area (Å²) in [5.74, 6) is -0.501. The van der Waals surface area contributed by atoms with E-state index < -0.39 is 17.6 Å². The molecule has 2 amide bonds. The summed E-state index contributed by atoms with van der Waals surface area (Å²) in [5.41, 5.74) is -0.145. The molecule has 150 valence electrons. The zero-order valence-corrected chi connectivity index (χ0v) is 16.5. The van der Waals surface area contributed by atoms with Crippen molar-refractivity contribution in [1.29, 1.82) is 0 Å². The molecule has 0 atom stereocenters. The third-order valence-electron chi connectivity index (χ3n) is 3.49. The van der Waals surface area contributed by atoms with Crippen LogP contribution in [0.4, 0.5) is 24.5 Å². The fourth-order valence-corrected chi connectivity index (χ4v) is 2.83. The minimum absolute atomic E-state index is 0.0378. The number of benzene rings is 2. The summed E-state index contributed by atoms with van der Waals surface area (Å²) in [5, 5.41) is 5.15. The summed E-state index contributed by atoms with van der Waals surface area (Å²) in [6.45, 7) is 6.01. The highest BCUT2D eigenvalue weighted by Gasteiger charge is 2.30. The Labute approximate surface area is 165 Å². The molecule has 0 unspecified atom stereocenters. The molecule has 2 N–H and O–H groups in total. The molecular weight excluding hydrogens is 389 g/mol. The van der Waals surface area contributed by atoms with Crippen molar-refractivity contribution in [2.45, 2.75) is 31.7 Å². The standard InChI is InChI=1S/C20H21F3N2O2S/c1-19(2,3)28-12-17(26)24-15-8-4-6-13(10-15)18(27)25-16-9-5-7-14(11-16)20(21,22)23/h4-11H,12H2,1-3H3,(H,24,26)(H,25,27). The van der Waals surface area contributed by atoms with Crippen LogP contribution in [0.25, 0.3) is 0 Å². The topological polar surface area (TPSA) is 58.2 Å². The third kappa shape index (κ3) is 6.92. The monoisotopic (exact) mass is 410 g/mol. The maximum atomic E-state index is 12.8. The normalized spacial score (nSPS) is 11.8. The third-order valence-corrected chi connectivity index (χ3v) is 4.77. The van der Waals surface area contributed by atoms with Gasteiger partial charge in [-0.25, -0.2) is 0 Å². The van der Waals surface area contributed by atoms with Gasteiger partial charge in [-0.3, -0.25) is 9.59 Å². The van der Waals surface area contributed by atoms with E-state index >= 15 is 0 Å². The maximum Gasteiger partial charge on any atom is 0.416 e. The summed E-state index contributed by atoms with van der Waals surface area (Å²) < 4.78 is 38.3. The molecule has 4 nitrogen and oxygen atoms in total. The molecule has 0 spiro atoms. The predicted octanol–water partition coefficient (Wildman–Crippen LogP) is 5.43. The number of rotatable bonds is 5. The highest BCUT2D eigenvalue weighted by molar-refractivity contribution is 8.01. The smallest absolute Gasteiger partial charge is 0.325 e. The van der Waals surface area contributed by atoms with Crippen LogP contribution in [0, 0.1) is 0 Å². The largest absolute Gasteiger partial charge is 0.416 e. The number of hydrogen-bond donors (Lipinski definition) is 2. The lowest BCUT2D eigenvalue weighted by atomic mass is 10.1. The molecule has 0 aromatic heterocycles. The van der Waals surface area contributed by atoms with Gasteiger partial charge in [-0.05, 0) is 36.4 Å². The van der Waals surface area contributed by atoms with Crippen LogP contribution in [0.15, 0.2) is 48.5 Å². The van der Waals surface area contributed by atoms with Crippen molar-refractivity contribution in [3.63, 3.8) is 0 Å². The van der Waals surface area contributed by atoms with Crippen LogP contribution in [0.1, 0.15) is 36.7 Å².